The first-order chi connectivity index (χ1) is 15.1. The van der Waals surface area contributed by atoms with Crippen LogP contribution in [0.25, 0.3) is 5.78 Å². The summed E-state index contributed by atoms with van der Waals surface area (Å²) in [6.45, 7) is 3.86. The number of rotatable bonds is 3. The first kappa shape index (κ1) is 22.0. The maximum Gasteiger partial charge on any atom is 0.433 e. The van der Waals surface area contributed by atoms with E-state index in [0.29, 0.717) is 18.7 Å². The number of alkyl halides is 5. The van der Waals surface area contributed by atoms with Crippen LogP contribution in [0, 0.1) is 12.8 Å². The van der Waals surface area contributed by atoms with Crippen LogP contribution in [0.4, 0.5) is 22.0 Å². The molecule has 7 nitrogen and oxygen atoms in total. The molecule has 170 valence electrons. The van der Waals surface area contributed by atoms with E-state index in [4.69, 9.17) is 0 Å². The molecule has 1 aliphatic rings. The second-order valence-corrected chi connectivity index (χ2v) is 7.83. The molecule has 1 aliphatic heterocycles. The molecule has 1 unspecified atom stereocenters. The molecule has 4 rings (SSSR count). The Morgan fingerprint density at radius 1 is 1.22 bits per heavy atom. The molecule has 0 aromatic carbocycles. The molecule has 32 heavy (non-hydrogen) atoms. The number of halogens is 5. The van der Waals surface area contributed by atoms with Crippen molar-refractivity contribution in [3.05, 3.63) is 52.9 Å². The predicted octanol–water partition coefficient (Wildman–Crippen LogP) is 4.05. The number of aromatic nitrogens is 5. The Morgan fingerprint density at radius 3 is 2.62 bits per heavy atom. The molecule has 1 fully saturated rings. The van der Waals surface area contributed by atoms with Crippen molar-refractivity contribution in [1.82, 2.24) is 29.5 Å². The predicted molar refractivity (Wildman–Crippen MR) is 102 cm³/mol. The van der Waals surface area contributed by atoms with Crippen LogP contribution in [0.5, 0.6) is 0 Å². The topological polar surface area (TPSA) is 76.3 Å². The van der Waals surface area contributed by atoms with Gasteiger partial charge in [0.1, 0.15) is 17.7 Å². The number of aryl methyl sites for hydroxylation is 1. The molecule has 0 spiro atoms. The number of hydrogen-bond donors (Lipinski definition) is 0. The highest BCUT2D eigenvalue weighted by Crippen LogP contribution is 2.34. The molecule has 3 aromatic rings. The number of carbonyl (C=O) groups excluding carboxylic acids is 1. The molecule has 1 amide bonds. The summed E-state index contributed by atoms with van der Waals surface area (Å²) in [6.07, 6.45) is -5.61. The number of amides is 1. The molecule has 3 aromatic heterocycles. The summed E-state index contributed by atoms with van der Waals surface area (Å²) in [5.41, 5.74) is -1.00. The number of carbonyl (C=O) groups is 1. The summed E-state index contributed by atoms with van der Waals surface area (Å²) >= 11 is 0. The van der Waals surface area contributed by atoms with Crippen LogP contribution in [0.2, 0.25) is 0 Å². The molecule has 0 saturated carbocycles. The Labute approximate surface area is 179 Å². The Morgan fingerprint density at radius 2 is 1.97 bits per heavy atom. The van der Waals surface area contributed by atoms with Crippen LogP contribution in [-0.2, 0) is 6.18 Å². The van der Waals surface area contributed by atoms with E-state index in [2.05, 4.69) is 20.1 Å². The van der Waals surface area contributed by atoms with Crippen molar-refractivity contribution >= 4 is 11.7 Å². The fourth-order valence-corrected chi connectivity index (χ4v) is 3.98. The van der Waals surface area contributed by atoms with Gasteiger partial charge in [-0.3, -0.25) is 4.79 Å². The zero-order chi connectivity index (χ0) is 23.2. The summed E-state index contributed by atoms with van der Waals surface area (Å²) in [5, 5.41) is 4.08. The van der Waals surface area contributed by atoms with Gasteiger partial charge in [-0.15, -0.1) is 0 Å². The minimum atomic E-state index is -4.61. The van der Waals surface area contributed by atoms with E-state index in [1.54, 1.807) is 0 Å². The molecule has 1 saturated heterocycles. The molecule has 2 atom stereocenters. The van der Waals surface area contributed by atoms with Gasteiger partial charge < -0.3 is 4.90 Å². The molecular weight excluding hydrogens is 435 g/mol. The highest BCUT2D eigenvalue weighted by Gasteiger charge is 2.36. The van der Waals surface area contributed by atoms with E-state index in [0.717, 1.165) is 12.1 Å². The van der Waals surface area contributed by atoms with Gasteiger partial charge in [0.05, 0.1) is 17.0 Å². The highest BCUT2D eigenvalue weighted by molar-refractivity contribution is 5.95. The van der Waals surface area contributed by atoms with Crippen molar-refractivity contribution in [3.8, 4) is 0 Å². The van der Waals surface area contributed by atoms with Gasteiger partial charge in [0.15, 0.2) is 0 Å². The first-order valence-electron chi connectivity index (χ1n) is 9.89. The SMILES string of the molecule is Cc1nc(C(F)(F)F)ccc1C(=O)N1CC[C@@H](C)C(c2cc(C(F)F)nc3ncnn23)C1. The maximum atomic E-state index is 13.4. The molecule has 0 radical (unpaired) electrons. The largest absolute Gasteiger partial charge is 0.433 e. The summed E-state index contributed by atoms with van der Waals surface area (Å²) < 4.78 is 66.8. The second-order valence-electron chi connectivity index (χ2n) is 7.83. The van der Waals surface area contributed by atoms with Crippen molar-refractivity contribution < 1.29 is 26.7 Å². The Bertz CT molecular complexity index is 1160. The van der Waals surface area contributed by atoms with Gasteiger partial charge in [0.2, 0.25) is 0 Å². The van der Waals surface area contributed by atoms with Gasteiger partial charge in [0, 0.05) is 19.0 Å². The Kier molecular flexibility index (Phi) is 5.55. The maximum absolute atomic E-state index is 13.4. The molecule has 4 heterocycles. The third kappa shape index (κ3) is 4.00. The smallest absolute Gasteiger partial charge is 0.338 e. The fraction of sp³-hybridized carbons (Fsp3) is 0.450. The Balaban J connectivity index is 1.66. The van der Waals surface area contributed by atoms with E-state index >= 15 is 0 Å². The van der Waals surface area contributed by atoms with Crippen LogP contribution in [-0.4, -0.2) is 48.5 Å². The van der Waals surface area contributed by atoms with Crippen LogP contribution in [0.1, 0.15) is 58.8 Å². The van der Waals surface area contributed by atoms with Crippen LogP contribution < -0.4 is 0 Å². The lowest BCUT2D eigenvalue weighted by Crippen LogP contribution is -2.43. The summed E-state index contributed by atoms with van der Waals surface area (Å²) in [7, 11) is 0. The zero-order valence-electron chi connectivity index (χ0n) is 17.1. The van der Waals surface area contributed by atoms with Gasteiger partial charge >= 0.3 is 6.18 Å². The van der Waals surface area contributed by atoms with Gasteiger partial charge in [-0.25, -0.2) is 23.3 Å². The van der Waals surface area contributed by atoms with Gasteiger partial charge in [-0.1, -0.05) is 6.92 Å². The van der Waals surface area contributed by atoms with Gasteiger partial charge in [0.25, 0.3) is 18.1 Å². The standard InChI is InChI=1S/C20H19F5N6O/c1-10-5-6-30(18(32)12-3-4-16(20(23,24)25)28-11(12)2)8-13(10)15-7-14(17(21)22)29-19-26-9-27-31(15)19/h3-4,7,9-10,13,17H,5-6,8H2,1-2H3/t10-,13?/m1/s1. The monoisotopic (exact) mass is 454 g/mol. The molecule has 12 heteroatoms. The third-order valence-corrected chi connectivity index (χ3v) is 5.75. The van der Waals surface area contributed by atoms with Crippen molar-refractivity contribution in [2.24, 2.45) is 5.92 Å². The average Bonchev–Trinajstić information content (AvgIpc) is 3.21. The quantitative estimate of drug-likeness (QED) is 0.558. The Hall–Kier alpha value is -3.18. The van der Waals surface area contributed by atoms with Crippen molar-refractivity contribution in [1.29, 1.82) is 0 Å². The average molecular weight is 454 g/mol. The van der Waals surface area contributed by atoms with Crippen molar-refractivity contribution in [3.63, 3.8) is 0 Å². The lowest BCUT2D eigenvalue weighted by molar-refractivity contribution is -0.141. The van der Waals surface area contributed by atoms with Crippen LogP contribution >= 0.6 is 0 Å². The summed E-state index contributed by atoms with van der Waals surface area (Å²) in [4.78, 5) is 25.9. The van der Waals surface area contributed by atoms with Crippen molar-refractivity contribution in [2.75, 3.05) is 13.1 Å². The number of nitrogens with zero attached hydrogens (tertiary/aromatic N) is 6. The van der Waals surface area contributed by atoms with Crippen molar-refractivity contribution in [2.45, 2.75) is 38.8 Å². The number of piperidine rings is 1. The minimum absolute atomic E-state index is 0.0254. The van der Waals surface area contributed by atoms with E-state index < -0.39 is 29.9 Å². The normalized spacial score (nSPS) is 19.7. The highest BCUT2D eigenvalue weighted by atomic mass is 19.4. The molecule has 0 aliphatic carbocycles. The van der Waals surface area contributed by atoms with E-state index in [1.807, 2.05) is 6.92 Å². The lowest BCUT2D eigenvalue weighted by Gasteiger charge is -2.37. The van der Waals surface area contributed by atoms with E-state index in [1.165, 1.54) is 28.7 Å². The lowest BCUT2D eigenvalue weighted by atomic mass is 9.84. The first-order valence-corrected chi connectivity index (χ1v) is 9.89. The molecule has 0 N–H and O–H groups in total. The number of pyridine rings is 1. The summed E-state index contributed by atoms with van der Waals surface area (Å²) in [6, 6.07) is 3.17. The van der Waals surface area contributed by atoms with E-state index in [9.17, 15) is 26.7 Å². The van der Waals surface area contributed by atoms with Gasteiger partial charge in [-0.05, 0) is 37.5 Å². The molecule has 0 bridgehead atoms. The fourth-order valence-electron chi connectivity index (χ4n) is 3.98. The second kappa shape index (κ2) is 8.06. The van der Waals surface area contributed by atoms with Gasteiger partial charge in [-0.2, -0.15) is 23.3 Å². The molecular formula is C20H19F5N6O. The van der Waals surface area contributed by atoms with Crippen LogP contribution in [0.15, 0.2) is 24.5 Å². The van der Waals surface area contributed by atoms with Crippen LogP contribution in [0.3, 0.4) is 0 Å². The minimum Gasteiger partial charge on any atom is -0.338 e. The number of hydrogen-bond acceptors (Lipinski definition) is 5. The van der Waals surface area contributed by atoms with E-state index in [-0.39, 0.29) is 35.4 Å². The zero-order valence-corrected chi connectivity index (χ0v) is 17.1. The number of likely N-dealkylation sites (tertiary alicyclic amines) is 1. The third-order valence-electron chi connectivity index (χ3n) is 5.75. The summed E-state index contributed by atoms with van der Waals surface area (Å²) in [5.74, 6) is -0.735. The number of fused-ring (bicyclic) bond motifs is 1.